The van der Waals surface area contributed by atoms with Gasteiger partial charge in [0.2, 0.25) is 0 Å². The molecule has 0 spiro atoms. The van der Waals surface area contributed by atoms with Crippen LogP contribution in [0.1, 0.15) is 33.3 Å². The highest BCUT2D eigenvalue weighted by molar-refractivity contribution is 6.04. The molecule has 1 aromatic rings. The Labute approximate surface area is 87.4 Å². The van der Waals surface area contributed by atoms with Crippen molar-refractivity contribution in [1.82, 2.24) is 4.98 Å². The van der Waals surface area contributed by atoms with Crippen molar-refractivity contribution in [2.24, 2.45) is 0 Å². The van der Waals surface area contributed by atoms with Crippen molar-refractivity contribution in [1.29, 1.82) is 0 Å². The fraction of sp³-hybridized carbons (Fsp3) is 0.400. The molecule has 1 aromatic heterocycles. The van der Waals surface area contributed by atoms with Gasteiger partial charge in [0.15, 0.2) is 0 Å². The van der Waals surface area contributed by atoms with Gasteiger partial charge in [-0.3, -0.25) is 0 Å². The summed E-state index contributed by atoms with van der Waals surface area (Å²) in [5.74, 6) is -1.08. The standard InChI is InChI=1S/C10H13NO4/c1-4-7-8(10(13)15-3)6(5-11-7)9(12)14-2/h5,11H,4H2,1-3H3. The van der Waals surface area contributed by atoms with Gasteiger partial charge in [-0.15, -0.1) is 0 Å². The molecular formula is C10H13NO4. The molecular weight excluding hydrogens is 198 g/mol. The SMILES string of the molecule is CCc1[nH]cc(C(=O)OC)c1C(=O)OC. The maximum atomic E-state index is 11.4. The van der Waals surface area contributed by atoms with Gasteiger partial charge in [0.25, 0.3) is 0 Å². The Hall–Kier alpha value is -1.78. The Kier molecular flexibility index (Phi) is 3.49. The van der Waals surface area contributed by atoms with Gasteiger partial charge in [0.1, 0.15) is 0 Å². The minimum Gasteiger partial charge on any atom is -0.465 e. The Balaban J connectivity index is 3.23. The fourth-order valence-electron chi connectivity index (χ4n) is 1.35. The average molecular weight is 211 g/mol. The summed E-state index contributed by atoms with van der Waals surface area (Å²) in [6.07, 6.45) is 2.07. The third kappa shape index (κ3) is 2.01. The molecule has 0 aliphatic carbocycles. The molecule has 0 fully saturated rings. The Bertz CT molecular complexity index is 381. The second-order valence-electron chi connectivity index (χ2n) is 2.89. The summed E-state index contributed by atoms with van der Waals surface area (Å²) in [5.41, 5.74) is 1.13. The maximum absolute atomic E-state index is 11.4. The molecule has 1 heterocycles. The molecule has 0 saturated heterocycles. The molecule has 5 heteroatoms. The number of carbonyl (C=O) groups is 2. The molecule has 1 N–H and O–H groups in total. The fourth-order valence-corrected chi connectivity index (χ4v) is 1.35. The highest BCUT2D eigenvalue weighted by Gasteiger charge is 2.23. The predicted octanol–water partition coefficient (Wildman–Crippen LogP) is 1.15. The lowest BCUT2D eigenvalue weighted by Crippen LogP contribution is -2.11. The van der Waals surface area contributed by atoms with Gasteiger partial charge >= 0.3 is 11.9 Å². The van der Waals surface area contributed by atoms with Gasteiger partial charge < -0.3 is 14.5 Å². The number of methoxy groups -OCH3 is 2. The van der Waals surface area contributed by atoms with E-state index in [0.29, 0.717) is 12.1 Å². The topological polar surface area (TPSA) is 68.4 Å². The van der Waals surface area contributed by atoms with E-state index in [9.17, 15) is 9.59 Å². The van der Waals surface area contributed by atoms with E-state index >= 15 is 0 Å². The Morgan fingerprint density at radius 3 is 2.33 bits per heavy atom. The predicted molar refractivity (Wildman–Crippen MR) is 52.8 cm³/mol. The van der Waals surface area contributed by atoms with Gasteiger partial charge in [-0.2, -0.15) is 0 Å². The first-order valence-electron chi connectivity index (χ1n) is 4.52. The van der Waals surface area contributed by atoms with Crippen LogP contribution in [0.5, 0.6) is 0 Å². The third-order valence-electron chi connectivity index (χ3n) is 2.11. The average Bonchev–Trinajstić information content (AvgIpc) is 2.70. The lowest BCUT2D eigenvalue weighted by molar-refractivity contribution is 0.0556. The van der Waals surface area contributed by atoms with Crippen LogP contribution >= 0.6 is 0 Å². The number of nitrogens with one attached hydrogen (secondary N) is 1. The first kappa shape index (κ1) is 11.3. The summed E-state index contributed by atoms with van der Waals surface area (Å²) in [6.45, 7) is 1.87. The number of carbonyl (C=O) groups excluding carboxylic acids is 2. The summed E-state index contributed by atoms with van der Waals surface area (Å²) in [4.78, 5) is 25.6. The number of aromatic amines is 1. The van der Waals surface area contributed by atoms with E-state index in [2.05, 4.69) is 14.5 Å². The molecule has 0 radical (unpaired) electrons. The summed E-state index contributed by atoms with van der Waals surface area (Å²) >= 11 is 0. The van der Waals surface area contributed by atoms with E-state index in [1.54, 1.807) is 0 Å². The molecule has 0 saturated carbocycles. The van der Waals surface area contributed by atoms with E-state index in [0.717, 1.165) is 0 Å². The van der Waals surface area contributed by atoms with Gasteiger partial charge in [0.05, 0.1) is 25.3 Å². The zero-order valence-corrected chi connectivity index (χ0v) is 8.92. The molecule has 0 amide bonds. The Morgan fingerprint density at radius 1 is 1.27 bits per heavy atom. The van der Waals surface area contributed by atoms with E-state index in [-0.39, 0.29) is 11.1 Å². The van der Waals surface area contributed by atoms with Gasteiger partial charge in [0, 0.05) is 11.9 Å². The van der Waals surface area contributed by atoms with Gasteiger partial charge in [-0.25, -0.2) is 9.59 Å². The van der Waals surface area contributed by atoms with Crippen LogP contribution in [0.2, 0.25) is 0 Å². The molecule has 0 bridgehead atoms. The van der Waals surface area contributed by atoms with Gasteiger partial charge in [-0.1, -0.05) is 6.92 Å². The van der Waals surface area contributed by atoms with Crippen LogP contribution in [0.25, 0.3) is 0 Å². The van der Waals surface area contributed by atoms with E-state index < -0.39 is 11.9 Å². The molecule has 15 heavy (non-hydrogen) atoms. The van der Waals surface area contributed by atoms with Crippen LogP contribution in [-0.4, -0.2) is 31.1 Å². The van der Waals surface area contributed by atoms with Gasteiger partial charge in [-0.05, 0) is 6.42 Å². The zero-order valence-electron chi connectivity index (χ0n) is 8.92. The molecule has 0 unspecified atom stereocenters. The summed E-state index contributed by atoms with van der Waals surface area (Å²) in [5, 5.41) is 0. The van der Waals surface area contributed by atoms with Crippen molar-refractivity contribution < 1.29 is 19.1 Å². The van der Waals surface area contributed by atoms with Crippen molar-refractivity contribution in [3.05, 3.63) is 23.0 Å². The minimum absolute atomic E-state index is 0.209. The van der Waals surface area contributed by atoms with Crippen LogP contribution in [0.3, 0.4) is 0 Å². The zero-order chi connectivity index (χ0) is 11.4. The molecule has 1 rings (SSSR count). The number of esters is 2. The molecule has 0 aliphatic heterocycles. The molecule has 0 aromatic carbocycles. The largest absolute Gasteiger partial charge is 0.465 e. The van der Waals surface area contributed by atoms with Crippen molar-refractivity contribution >= 4 is 11.9 Å². The second kappa shape index (κ2) is 4.63. The monoisotopic (exact) mass is 211 g/mol. The van der Waals surface area contributed by atoms with E-state index in [4.69, 9.17) is 0 Å². The summed E-state index contributed by atoms with van der Waals surface area (Å²) in [7, 11) is 2.54. The lowest BCUT2D eigenvalue weighted by Gasteiger charge is -2.02. The number of aromatic nitrogens is 1. The third-order valence-corrected chi connectivity index (χ3v) is 2.11. The van der Waals surface area contributed by atoms with Crippen LogP contribution in [-0.2, 0) is 15.9 Å². The number of hydrogen-bond donors (Lipinski definition) is 1. The Morgan fingerprint density at radius 2 is 1.87 bits per heavy atom. The summed E-state index contributed by atoms with van der Waals surface area (Å²) < 4.78 is 9.17. The molecule has 0 aliphatic rings. The van der Waals surface area contributed by atoms with Crippen LogP contribution < -0.4 is 0 Å². The quantitative estimate of drug-likeness (QED) is 0.761. The highest BCUT2D eigenvalue weighted by atomic mass is 16.5. The highest BCUT2D eigenvalue weighted by Crippen LogP contribution is 2.16. The van der Waals surface area contributed by atoms with E-state index in [1.807, 2.05) is 6.92 Å². The molecule has 82 valence electrons. The second-order valence-corrected chi connectivity index (χ2v) is 2.89. The first-order valence-corrected chi connectivity index (χ1v) is 4.52. The smallest absolute Gasteiger partial charge is 0.340 e. The van der Waals surface area contributed by atoms with Crippen LogP contribution in [0.4, 0.5) is 0 Å². The van der Waals surface area contributed by atoms with Crippen LogP contribution in [0.15, 0.2) is 6.20 Å². The number of rotatable bonds is 3. The van der Waals surface area contributed by atoms with Crippen molar-refractivity contribution in [3.8, 4) is 0 Å². The van der Waals surface area contributed by atoms with Crippen molar-refractivity contribution in [2.45, 2.75) is 13.3 Å². The number of ether oxygens (including phenoxy) is 2. The lowest BCUT2D eigenvalue weighted by atomic mass is 10.1. The van der Waals surface area contributed by atoms with E-state index in [1.165, 1.54) is 20.4 Å². The first-order chi connectivity index (χ1) is 7.15. The number of H-pyrrole nitrogens is 1. The molecule has 5 nitrogen and oxygen atoms in total. The number of aryl methyl sites for hydroxylation is 1. The maximum Gasteiger partial charge on any atom is 0.340 e. The van der Waals surface area contributed by atoms with Crippen LogP contribution in [0, 0.1) is 0 Å². The van der Waals surface area contributed by atoms with Crippen molar-refractivity contribution in [2.75, 3.05) is 14.2 Å². The summed E-state index contributed by atoms with van der Waals surface area (Å²) in [6, 6.07) is 0. The minimum atomic E-state index is -0.550. The number of hydrogen-bond acceptors (Lipinski definition) is 4. The van der Waals surface area contributed by atoms with Crippen molar-refractivity contribution in [3.63, 3.8) is 0 Å². The normalized spacial score (nSPS) is 9.80. The molecule has 0 atom stereocenters.